The average molecular weight is 353 g/mol. The van der Waals surface area contributed by atoms with Crippen LogP contribution in [0.2, 0.25) is 5.02 Å². The molecule has 0 bridgehead atoms. The quantitative estimate of drug-likeness (QED) is 0.558. The van der Waals surface area contributed by atoms with E-state index in [1.807, 2.05) is 6.07 Å². The van der Waals surface area contributed by atoms with Crippen LogP contribution in [-0.2, 0) is 12.8 Å². The summed E-state index contributed by atoms with van der Waals surface area (Å²) in [7, 11) is 0. The van der Waals surface area contributed by atoms with E-state index < -0.39 is 17.7 Å². The van der Waals surface area contributed by atoms with E-state index in [4.69, 9.17) is 20.8 Å². The molecule has 124 valence electrons. The summed E-state index contributed by atoms with van der Waals surface area (Å²) in [5, 5.41) is 0.488. The van der Waals surface area contributed by atoms with Gasteiger partial charge < -0.3 is 9.15 Å². The van der Waals surface area contributed by atoms with Crippen LogP contribution in [0.3, 0.4) is 0 Å². The van der Waals surface area contributed by atoms with E-state index in [1.165, 1.54) is 0 Å². The standard InChI is InChI=1S/C18H12ClF3O2/c19-14-8-6-13(7-9-14)16-10-15(18(20,21)22)17(24-16)23-11-12-4-2-1-3-5-12/h1-10H,11H2. The third-order valence-corrected chi connectivity index (χ3v) is 3.60. The number of halogens is 4. The van der Waals surface area contributed by atoms with Gasteiger partial charge in [-0.2, -0.15) is 13.2 Å². The summed E-state index contributed by atoms with van der Waals surface area (Å²) in [5.41, 5.74) is 0.290. The summed E-state index contributed by atoms with van der Waals surface area (Å²) in [6, 6.07) is 16.2. The van der Waals surface area contributed by atoms with Crippen LogP contribution < -0.4 is 4.74 Å². The molecule has 1 heterocycles. The molecule has 0 aliphatic carbocycles. The molecule has 0 spiro atoms. The normalized spacial score (nSPS) is 11.5. The fourth-order valence-corrected chi connectivity index (χ4v) is 2.28. The first-order valence-corrected chi connectivity index (χ1v) is 7.45. The summed E-state index contributed by atoms with van der Waals surface area (Å²) in [4.78, 5) is 0. The van der Waals surface area contributed by atoms with Gasteiger partial charge in [0.1, 0.15) is 17.9 Å². The number of alkyl halides is 3. The van der Waals surface area contributed by atoms with Crippen molar-refractivity contribution in [1.82, 2.24) is 0 Å². The molecule has 0 fully saturated rings. The Kier molecular flexibility index (Phi) is 4.53. The molecule has 0 unspecified atom stereocenters. The highest BCUT2D eigenvalue weighted by Gasteiger charge is 2.38. The Labute approximate surface area is 141 Å². The van der Waals surface area contributed by atoms with Gasteiger partial charge in [-0.05, 0) is 29.8 Å². The molecule has 0 radical (unpaired) electrons. The second kappa shape index (κ2) is 6.61. The van der Waals surface area contributed by atoms with Gasteiger partial charge in [0, 0.05) is 16.7 Å². The van der Waals surface area contributed by atoms with Gasteiger partial charge >= 0.3 is 6.18 Å². The van der Waals surface area contributed by atoms with Crippen LogP contribution in [0.5, 0.6) is 5.95 Å². The van der Waals surface area contributed by atoms with Crippen molar-refractivity contribution in [1.29, 1.82) is 0 Å². The summed E-state index contributed by atoms with van der Waals surface area (Å²) in [6.07, 6.45) is -4.57. The smallest absolute Gasteiger partial charge is 0.423 e. The average Bonchev–Trinajstić information content (AvgIpc) is 2.99. The lowest BCUT2D eigenvalue weighted by Gasteiger charge is -2.07. The molecule has 6 heteroatoms. The van der Waals surface area contributed by atoms with Gasteiger partial charge in [-0.3, -0.25) is 0 Å². The van der Waals surface area contributed by atoms with E-state index in [0.717, 1.165) is 11.6 Å². The van der Waals surface area contributed by atoms with Crippen molar-refractivity contribution >= 4 is 11.6 Å². The minimum atomic E-state index is -4.57. The number of benzene rings is 2. The Balaban J connectivity index is 1.90. The predicted molar refractivity (Wildman–Crippen MR) is 84.9 cm³/mol. The van der Waals surface area contributed by atoms with Crippen LogP contribution >= 0.6 is 11.6 Å². The molecule has 0 saturated heterocycles. The van der Waals surface area contributed by atoms with Crippen LogP contribution in [0.15, 0.2) is 65.1 Å². The van der Waals surface area contributed by atoms with Gasteiger partial charge in [0.15, 0.2) is 0 Å². The topological polar surface area (TPSA) is 22.4 Å². The van der Waals surface area contributed by atoms with Crippen molar-refractivity contribution in [2.24, 2.45) is 0 Å². The Morgan fingerprint density at radius 2 is 1.62 bits per heavy atom. The molecule has 0 aliphatic rings. The van der Waals surface area contributed by atoms with Gasteiger partial charge in [0.05, 0.1) is 0 Å². The fraction of sp³-hybridized carbons (Fsp3) is 0.111. The molecule has 0 saturated carbocycles. The first-order chi connectivity index (χ1) is 11.4. The second-order valence-electron chi connectivity index (χ2n) is 5.09. The van der Waals surface area contributed by atoms with E-state index in [0.29, 0.717) is 10.6 Å². The third-order valence-electron chi connectivity index (χ3n) is 3.34. The van der Waals surface area contributed by atoms with Crippen LogP contribution in [0.4, 0.5) is 13.2 Å². The molecule has 2 nitrogen and oxygen atoms in total. The van der Waals surface area contributed by atoms with Crippen LogP contribution in [0.1, 0.15) is 11.1 Å². The largest absolute Gasteiger partial charge is 0.460 e. The SMILES string of the molecule is FC(F)(F)c1cc(-c2ccc(Cl)cc2)oc1OCc1ccccc1. The van der Waals surface area contributed by atoms with Gasteiger partial charge in [-0.25, -0.2) is 0 Å². The summed E-state index contributed by atoms with van der Waals surface area (Å²) < 4.78 is 50.2. The van der Waals surface area contributed by atoms with Gasteiger partial charge in [-0.15, -0.1) is 0 Å². The lowest BCUT2D eigenvalue weighted by Crippen LogP contribution is -2.06. The van der Waals surface area contributed by atoms with Gasteiger partial charge in [0.2, 0.25) is 0 Å². The van der Waals surface area contributed by atoms with Crippen molar-refractivity contribution in [2.45, 2.75) is 12.8 Å². The second-order valence-corrected chi connectivity index (χ2v) is 5.53. The number of hydrogen-bond donors (Lipinski definition) is 0. The molecule has 2 aromatic carbocycles. The zero-order valence-electron chi connectivity index (χ0n) is 12.3. The van der Waals surface area contributed by atoms with E-state index in [2.05, 4.69) is 0 Å². The number of ether oxygens (including phenoxy) is 1. The maximum atomic E-state index is 13.2. The maximum Gasteiger partial charge on any atom is 0.423 e. The molecule has 0 amide bonds. The molecule has 3 aromatic rings. The lowest BCUT2D eigenvalue weighted by atomic mass is 10.1. The van der Waals surface area contributed by atoms with Crippen molar-refractivity contribution in [3.8, 4) is 17.3 Å². The zero-order chi connectivity index (χ0) is 17.2. The Hall–Kier alpha value is -2.40. The van der Waals surface area contributed by atoms with Crippen molar-refractivity contribution in [3.05, 3.63) is 76.8 Å². The molecule has 3 rings (SSSR count). The van der Waals surface area contributed by atoms with Crippen LogP contribution in [-0.4, -0.2) is 0 Å². The van der Waals surface area contributed by atoms with E-state index >= 15 is 0 Å². The Morgan fingerprint density at radius 3 is 2.25 bits per heavy atom. The Morgan fingerprint density at radius 1 is 0.958 bits per heavy atom. The monoisotopic (exact) mass is 352 g/mol. The fourth-order valence-electron chi connectivity index (χ4n) is 2.16. The zero-order valence-corrected chi connectivity index (χ0v) is 13.1. The molecular weight excluding hydrogens is 341 g/mol. The van der Waals surface area contributed by atoms with Crippen molar-refractivity contribution < 1.29 is 22.3 Å². The van der Waals surface area contributed by atoms with Crippen molar-refractivity contribution in [2.75, 3.05) is 0 Å². The van der Waals surface area contributed by atoms with Crippen molar-refractivity contribution in [3.63, 3.8) is 0 Å². The first-order valence-electron chi connectivity index (χ1n) is 7.07. The molecule has 0 atom stereocenters. The van der Waals surface area contributed by atoms with E-state index in [1.54, 1.807) is 48.5 Å². The highest BCUT2D eigenvalue weighted by atomic mass is 35.5. The van der Waals surface area contributed by atoms with Crippen LogP contribution in [0.25, 0.3) is 11.3 Å². The molecule has 0 aliphatic heterocycles. The van der Waals surface area contributed by atoms with E-state index in [9.17, 15) is 13.2 Å². The molecule has 0 N–H and O–H groups in total. The van der Waals surface area contributed by atoms with Crippen LogP contribution in [0, 0.1) is 0 Å². The number of rotatable bonds is 4. The van der Waals surface area contributed by atoms with Gasteiger partial charge in [0.25, 0.3) is 5.95 Å². The molecule has 24 heavy (non-hydrogen) atoms. The number of hydrogen-bond acceptors (Lipinski definition) is 2. The van der Waals surface area contributed by atoms with Gasteiger partial charge in [-0.1, -0.05) is 41.9 Å². The minimum Gasteiger partial charge on any atom is -0.460 e. The third kappa shape index (κ3) is 3.74. The molecule has 1 aromatic heterocycles. The summed E-state index contributed by atoms with van der Waals surface area (Å²) in [5.74, 6) is -0.474. The Bertz CT molecular complexity index is 809. The lowest BCUT2D eigenvalue weighted by molar-refractivity contribution is -0.139. The predicted octanol–water partition coefficient (Wildman–Crippen LogP) is 6.20. The maximum absolute atomic E-state index is 13.2. The summed E-state index contributed by atoms with van der Waals surface area (Å²) in [6.45, 7) is -0.0164. The minimum absolute atomic E-state index is 0.0164. The summed E-state index contributed by atoms with van der Waals surface area (Å²) >= 11 is 5.79. The first kappa shape index (κ1) is 16.5. The number of furan rings is 1. The van der Waals surface area contributed by atoms with E-state index in [-0.39, 0.29) is 12.4 Å². The highest BCUT2D eigenvalue weighted by molar-refractivity contribution is 6.30. The molecular formula is C18H12ClF3O2. The highest BCUT2D eigenvalue weighted by Crippen LogP contribution is 2.41.